The van der Waals surface area contributed by atoms with E-state index in [2.05, 4.69) is 51.9 Å². The topological polar surface area (TPSA) is 81.7 Å². The number of aliphatic hydroxyl groups is 1. The lowest BCUT2D eigenvalue weighted by Gasteiger charge is -2.14. The molecule has 0 aliphatic carbocycles. The van der Waals surface area contributed by atoms with Crippen LogP contribution in [-0.2, 0) is 6.42 Å². The minimum absolute atomic E-state index is 0.273. The summed E-state index contributed by atoms with van der Waals surface area (Å²) in [6, 6.07) is 13.9. The SMILES string of the molecule is CCNC(=NCC(O)c1cccc(OC)c1)NCCc1c[nH]c2cc(C)ccc12. The van der Waals surface area contributed by atoms with Crippen LogP contribution in [0, 0.1) is 6.92 Å². The van der Waals surface area contributed by atoms with E-state index in [4.69, 9.17) is 4.74 Å². The molecule has 1 aromatic heterocycles. The molecular weight excluding hydrogens is 364 g/mol. The number of aliphatic hydroxyl groups excluding tert-OH is 1. The van der Waals surface area contributed by atoms with E-state index in [0.29, 0.717) is 5.96 Å². The predicted octanol–water partition coefficient (Wildman–Crippen LogP) is 3.32. The van der Waals surface area contributed by atoms with E-state index in [1.54, 1.807) is 7.11 Å². The number of benzene rings is 2. The number of ether oxygens (including phenoxy) is 1. The highest BCUT2D eigenvalue weighted by atomic mass is 16.5. The number of hydrogen-bond acceptors (Lipinski definition) is 3. The van der Waals surface area contributed by atoms with Gasteiger partial charge in [-0.15, -0.1) is 0 Å². The molecule has 0 saturated carbocycles. The second kappa shape index (κ2) is 9.98. The van der Waals surface area contributed by atoms with Gasteiger partial charge in [0, 0.05) is 30.2 Å². The molecule has 154 valence electrons. The van der Waals surface area contributed by atoms with Crippen LogP contribution >= 0.6 is 0 Å². The second-order valence-electron chi connectivity index (χ2n) is 7.05. The summed E-state index contributed by atoms with van der Waals surface area (Å²) in [5.74, 6) is 1.43. The zero-order valence-electron chi connectivity index (χ0n) is 17.3. The van der Waals surface area contributed by atoms with E-state index in [0.717, 1.165) is 30.8 Å². The molecule has 0 aliphatic heterocycles. The summed E-state index contributed by atoms with van der Waals surface area (Å²) in [4.78, 5) is 7.88. The molecule has 0 spiro atoms. The molecule has 1 heterocycles. The third kappa shape index (κ3) is 5.51. The number of hydrogen-bond donors (Lipinski definition) is 4. The quantitative estimate of drug-likeness (QED) is 0.349. The molecular formula is C23H30N4O2. The van der Waals surface area contributed by atoms with Gasteiger partial charge in [0.1, 0.15) is 5.75 Å². The Morgan fingerprint density at radius 1 is 1.21 bits per heavy atom. The highest BCUT2D eigenvalue weighted by Gasteiger charge is 2.09. The van der Waals surface area contributed by atoms with Crippen LogP contribution in [0.5, 0.6) is 5.75 Å². The maximum atomic E-state index is 10.5. The van der Waals surface area contributed by atoms with Crippen molar-refractivity contribution < 1.29 is 9.84 Å². The van der Waals surface area contributed by atoms with E-state index in [-0.39, 0.29) is 6.54 Å². The van der Waals surface area contributed by atoms with Gasteiger partial charge in [0.15, 0.2) is 5.96 Å². The predicted molar refractivity (Wildman–Crippen MR) is 119 cm³/mol. The first-order valence-electron chi connectivity index (χ1n) is 10.0. The average molecular weight is 395 g/mol. The number of guanidine groups is 1. The number of aromatic nitrogens is 1. The molecule has 0 aliphatic rings. The number of aromatic amines is 1. The summed E-state index contributed by atoms with van der Waals surface area (Å²) in [6.45, 7) is 5.91. The van der Waals surface area contributed by atoms with E-state index in [1.807, 2.05) is 31.2 Å². The molecule has 0 fully saturated rings. The number of H-pyrrole nitrogens is 1. The summed E-state index contributed by atoms with van der Waals surface area (Å²) in [5.41, 5.74) is 4.49. The monoisotopic (exact) mass is 394 g/mol. The Morgan fingerprint density at radius 2 is 2.07 bits per heavy atom. The lowest BCUT2D eigenvalue weighted by molar-refractivity contribution is 0.186. The fourth-order valence-corrected chi connectivity index (χ4v) is 3.30. The Balaban J connectivity index is 1.58. The van der Waals surface area contributed by atoms with Crippen molar-refractivity contribution in [3.63, 3.8) is 0 Å². The summed E-state index contributed by atoms with van der Waals surface area (Å²) in [7, 11) is 1.62. The van der Waals surface area contributed by atoms with Gasteiger partial charge in [-0.05, 0) is 55.2 Å². The Hall–Kier alpha value is -2.99. The second-order valence-corrected chi connectivity index (χ2v) is 7.05. The van der Waals surface area contributed by atoms with E-state index in [1.165, 1.54) is 22.0 Å². The zero-order valence-corrected chi connectivity index (χ0v) is 17.3. The van der Waals surface area contributed by atoms with Crippen LogP contribution < -0.4 is 15.4 Å². The lowest BCUT2D eigenvalue weighted by Crippen LogP contribution is -2.38. The number of aliphatic imine (C=N–C) groups is 1. The van der Waals surface area contributed by atoms with Crippen molar-refractivity contribution >= 4 is 16.9 Å². The molecule has 2 aromatic carbocycles. The number of nitrogens with one attached hydrogen (secondary N) is 3. The fourth-order valence-electron chi connectivity index (χ4n) is 3.30. The lowest BCUT2D eigenvalue weighted by atomic mass is 10.1. The van der Waals surface area contributed by atoms with Gasteiger partial charge in [-0.2, -0.15) is 0 Å². The van der Waals surface area contributed by atoms with Crippen LogP contribution in [0.25, 0.3) is 10.9 Å². The molecule has 1 atom stereocenters. The maximum absolute atomic E-state index is 10.5. The van der Waals surface area contributed by atoms with Gasteiger partial charge < -0.3 is 25.5 Å². The Morgan fingerprint density at radius 3 is 2.86 bits per heavy atom. The smallest absolute Gasteiger partial charge is 0.191 e. The number of methoxy groups -OCH3 is 1. The van der Waals surface area contributed by atoms with Crippen molar-refractivity contribution in [3.05, 3.63) is 65.4 Å². The van der Waals surface area contributed by atoms with Crippen LogP contribution in [0.4, 0.5) is 0 Å². The fraction of sp³-hybridized carbons (Fsp3) is 0.348. The van der Waals surface area contributed by atoms with Gasteiger partial charge in [0.25, 0.3) is 0 Å². The molecule has 29 heavy (non-hydrogen) atoms. The molecule has 1 unspecified atom stereocenters. The normalized spacial score (nSPS) is 12.8. The summed E-state index contributed by atoms with van der Waals surface area (Å²) in [6.07, 6.45) is 2.27. The largest absolute Gasteiger partial charge is 0.497 e. The van der Waals surface area contributed by atoms with Gasteiger partial charge in [-0.1, -0.05) is 24.3 Å². The molecule has 0 amide bonds. The average Bonchev–Trinajstić information content (AvgIpc) is 3.13. The molecule has 0 radical (unpaired) electrons. The van der Waals surface area contributed by atoms with Gasteiger partial charge in [0.05, 0.1) is 19.8 Å². The number of rotatable bonds is 8. The summed E-state index contributed by atoms with van der Waals surface area (Å²) >= 11 is 0. The van der Waals surface area contributed by atoms with E-state index in [9.17, 15) is 5.11 Å². The number of fused-ring (bicyclic) bond motifs is 1. The summed E-state index contributed by atoms with van der Waals surface area (Å²) < 4.78 is 5.22. The molecule has 4 N–H and O–H groups in total. The minimum atomic E-state index is -0.683. The van der Waals surface area contributed by atoms with Crippen molar-refractivity contribution in [3.8, 4) is 5.75 Å². The van der Waals surface area contributed by atoms with Gasteiger partial charge >= 0.3 is 0 Å². The Labute approximate surface area is 172 Å². The highest BCUT2D eigenvalue weighted by molar-refractivity contribution is 5.84. The highest BCUT2D eigenvalue weighted by Crippen LogP contribution is 2.20. The van der Waals surface area contributed by atoms with Crippen LogP contribution in [0.2, 0.25) is 0 Å². The third-order valence-corrected chi connectivity index (χ3v) is 4.85. The standard InChI is InChI=1S/C23H30N4O2/c1-4-24-23(27-15-22(28)17-6-5-7-19(13-17)29-3)25-11-10-18-14-26-21-12-16(2)8-9-20(18)21/h5-9,12-14,22,26,28H,4,10-11,15H2,1-3H3,(H2,24,25,27). The first-order valence-corrected chi connectivity index (χ1v) is 10.0. The van der Waals surface area contributed by atoms with Crippen LogP contribution in [0.1, 0.15) is 29.7 Å². The summed E-state index contributed by atoms with van der Waals surface area (Å²) in [5, 5.41) is 18.3. The van der Waals surface area contributed by atoms with Crippen molar-refractivity contribution in [2.24, 2.45) is 4.99 Å². The molecule has 6 heteroatoms. The van der Waals surface area contributed by atoms with Gasteiger partial charge in [0.2, 0.25) is 0 Å². The van der Waals surface area contributed by atoms with Gasteiger partial charge in [-0.3, -0.25) is 4.99 Å². The molecule has 6 nitrogen and oxygen atoms in total. The van der Waals surface area contributed by atoms with Crippen molar-refractivity contribution in [2.45, 2.75) is 26.4 Å². The molecule has 3 rings (SSSR count). The minimum Gasteiger partial charge on any atom is -0.497 e. The Bertz CT molecular complexity index is 964. The number of aryl methyl sites for hydroxylation is 1. The van der Waals surface area contributed by atoms with Crippen LogP contribution in [-0.4, -0.2) is 42.8 Å². The maximum Gasteiger partial charge on any atom is 0.191 e. The van der Waals surface area contributed by atoms with E-state index < -0.39 is 6.10 Å². The van der Waals surface area contributed by atoms with Crippen LogP contribution in [0.3, 0.4) is 0 Å². The number of nitrogens with zero attached hydrogens (tertiary/aromatic N) is 1. The van der Waals surface area contributed by atoms with Crippen molar-refractivity contribution in [1.82, 2.24) is 15.6 Å². The van der Waals surface area contributed by atoms with Crippen molar-refractivity contribution in [2.75, 3.05) is 26.7 Å². The molecule has 3 aromatic rings. The molecule has 0 bridgehead atoms. The first-order chi connectivity index (χ1) is 14.1. The Kier molecular flexibility index (Phi) is 7.14. The zero-order chi connectivity index (χ0) is 20.6. The first kappa shape index (κ1) is 20.7. The van der Waals surface area contributed by atoms with E-state index >= 15 is 0 Å². The van der Waals surface area contributed by atoms with Crippen LogP contribution in [0.15, 0.2) is 53.7 Å². The third-order valence-electron chi connectivity index (χ3n) is 4.85. The van der Waals surface area contributed by atoms with Gasteiger partial charge in [-0.25, -0.2) is 0 Å². The molecule has 0 saturated heterocycles. The van der Waals surface area contributed by atoms with Crippen molar-refractivity contribution in [1.29, 1.82) is 0 Å².